The minimum Gasteiger partial charge on any atom is -0.378 e. The molecule has 116 valence electrons. The highest BCUT2D eigenvalue weighted by atomic mass is 16.5. The number of amides is 1. The Kier molecular flexibility index (Phi) is 4.24. The lowest BCUT2D eigenvalue weighted by Crippen LogP contribution is -2.41. The van der Waals surface area contributed by atoms with Crippen LogP contribution in [0.15, 0.2) is 30.3 Å². The predicted octanol–water partition coefficient (Wildman–Crippen LogP) is 2.02. The molecule has 5 nitrogen and oxygen atoms in total. The van der Waals surface area contributed by atoms with Crippen LogP contribution in [0.1, 0.15) is 27.3 Å². The van der Waals surface area contributed by atoms with Crippen molar-refractivity contribution >= 4 is 5.91 Å². The summed E-state index contributed by atoms with van der Waals surface area (Å²) in [5, 5.41) is 4.56. The van der Waals surface area contributed by atoms with Gasteiger partial charge in [0.05, 0.1) is 31.0 Å². The Bertz CT molecular complexity index is 658. The summed E-state index contributed by atoms with van der Waals surface area (Å²) in [5.41, 5.74) is 3.64. The smallest absolute Gasteiger partial charge is 0.257 e. The second-order valence-corrected chi connectivity index (χ2v) is 5.59. The summed E-state index contributed by atoms with van der Waals surface area (Å²) >= 11 is 0. The van der Waals surface area contributed by atoms with Crippen molar-refractivity contribution in [3.63, 3.8) is 0 Å². The van der Waals surface area contributed by atoms with Gasteiger partial charge < -0.3 is 9.64 Å². The third-order valence-electron chi connectivity index (χ3n) is 4.07. The second kappa shape index (κ2) is 6.32. The fraction of sp³-hybridized carbons (Fsp3) is 0.412. The zero-order chi connectivity index (χ0) is 15.5. The van der Waals surface area contributed by atoms with Crippen molar-refractivity contribution in [3.05, 3.63) is 52.8 Å². The maximum absolute atomic E-state index is 12.7. The minimum absolute atomic E-state index is 0.0672. The van der Waals surface area contributed by atoms with Crippen LogP contribution in [0.5, 0.6) is 0 Å². The number of aromatic nitrogens is 2. The fourth-order valence-corrected chi connectivity index (χ4v) is 2.84. The van der Waals surface area contributed by atoms with Gasteiger partial charge in [0.25, 0.3) is 5.91 Å². The number of carbonyl (C=O) groups excluding carboxylic acids is 1. The van der Waals surface area contributed by atoms with Crippen molar-refractivity contribution < 1.29 is 9.53 Å². The van der Waals surface area contributed by atoms with Crippen molar-refractivity contribution in [2.24, 2.45) is 0 Å². The molecule has 1 aromatic carbocycles. The zero-order valence-corrected chi connectivity index (χ0v) is 13.1. The molecule has 0 aliphatic carbocycles. The Balaban J connectivity index is 1.85. The topological polar surface area (TPSA) is 47.4 Å². The van der Waals surface area contributed by atoms with Crippen LogP contribution < -0.4 is 0 Å². The standard InChI is InChI=1S/C17H21N3O2/c1-13-16(17(21)19-8-10-22-11-9-19)14(2)20(18-13)12-15-6-4-3-5-7-15/h3-7H,8-12H2,1-2H3. The van der Waals surface area contributed by atoms with E-state index < -0.39 is 0 Å². The van der Waals surface area contributed by atoms with Gasteiger partial charge in [0.2, 0.25) is 0 Å². The molecule has 5 heteroatoms. The summed E-state index contributed by atoms with van der Waals surface area (Å²) in [6, 6.07) is 10.2. The molecular formula is C17H21N3O2. The van der Waals surface area contributed by atoms with Gasteiger partial charge in [-0.05, 0) is 19.4 Å². The quantitative estimate of drug-likeness (QED) is 0.871. The van der Waals surface area contributed by atoms with Crippen LogP contribution in [0.25, 0.3) is 0 Å². The molecule has 0 spiro atoms. The number of nitrogens with zero attached hydrogens (tertiary/aromatic N) is 3. The lowest BCUT2D eigenvalue weighted by atomic mass is 10.1. The van der Waals surface area contributed by atoms with Crippen LogP contribution in [-0.2, 0) is 11.3 Å². The predicted molar refractivity (Wildman–Crippen MR) is 84.0 cm³/mol. The SMILES string of the molecule is Cc1nn(Cc2ccccc2)c(C)c1C(=O)N1CCOCC1. The largest absolute Gasteiger partial charge is 0.378 e. The van der Waals surface area contributed by atoms with Crippen molar-refractivity contribution in [3.8, 4) is 0 Å². The molecule has 1 aromatic heterocycles. The Morgan fingerprint density at radius 3 is 2.55 bits per heavy atom. The second-order valence-electron chi connectivity index (χ2n) is 5.59. The molecule has 2 heterocycles. The molecule has 2 aromatic rings. The third kappa shape index (κ3) is 2.90. The summed E-state index contributed by atoms with van der Waals surface area (Å²) in [4.78, 5) is 14.6. The number of morpholine rings is 1. The summed E-state index contributed by atoms with van der Waals surface area (Å²) in [5.74, 6) is 0.0672. The first kappa shape index (κ1) is 14.8. The molecule has 1 aliphatic heterocycles. The lowest BCUT2D eigenvalue weighted by molar-refractivity contribution is 0.0302. The molecule has 0 bridgehead atoms. The van der Waals surface area contributed by atoms with Gasteiger partial charge in [0.15, 0.2) is 0 Å². The minimum atomic E-state index is 0.0672. The fourth-order valence-electron chi connectivity index (χ4n) is 2.84. The summed E-state index contributed by atoms with van der Waals surface area (Å²) < 4.78 is 7.23. The third-order valence-corrected chi connectivity index (χ3v) is 4.07. The summed E-state index contributed by atoms with van der Waals surface area (Å²) in [7, 11) is 0. The monoisotopic (exact) mass is 299 g/mol. The van der Waals surface area contributed by atoms with Crippen molar-refractivity contribution in [2.75, 3.05) is 26.3 Å². The molecule has 1 aliphatic rings. The Labute approximate surface area is 130 Å². The van der Waals surface area contributed by atoms with Crippen LogP contribution in [0.4, 0.5) is 0 Å². The first-order chi connectivity index (χ1) is 10.7. The average Bonchev–Trinajstić information content (AvgIpc) is 2.82. The number of aryl methyl sites for hydroxylation is 1. The van der Waals surface area contributed by atoms with Gasteiger partial charge in [-0.3, -0.25) is 9.48 Å². The van der Waals surface area contributed by atoms with E-state index in [9.17, 15) is 4.79 Å². The number of rotatable bonds is 3. The van der Waals surface area contributed by atoms with Crippen LogP contribution in [0, 0.1) is 13.8 Å². The maximum atomic E-state index is 12.7. The molecule has 1 saturated heterocycles. The van der Waals surface area contributed by atoms with Gasteiger partial charge in [-0.15, -0.1) is 0 Å². The molecule has 0 unspecified atom stereocenters. The van der Waals surface area contributed by atoms with E-state index >= 15 is 0 Å². The maximum Gasteiger partial charge on any atom is 0.257 e. The number of hydrogen-bond acceptors (Lipinski definition) is 3. The number of carbonyl (C=O) groups is 1. The van der Waals surface area contributed by atoms with E-state index in [1.165, 1.54) is 5.56 Å². The Hall–Kier alpha value is -2.14. The molecule has 1 amide bonds. The molecule has 3 rings (SSSR count). The van der Waals surface area contributed by atoms with Gasteiger partial charge >= 0.3 is 0 Å². The van der Waals surface area contributed by atoms with Crippen LogP contribution in [0.3, 0.4) is 0 Å². The molecule has 0 radical (unpaired) electrons. The number of ether oxygens (including phenoxy) is 1. The highest BCUT2D eigenvalue weighted by Gasteiger charge is 2.25. The summed E-state index contributed by atoms with van der Waals surface area (Å²) in [6.07, 6.45) is 0. The van der Waals surface area contributed by atoms with Gasteiger partial charge in [-0.25, -0.2) is 0 Å². The van der Waals surface area contributed by atoms with E-state index in [2.05, 4.69) is 17.2 Å². The van der Waals surface area contributed by atoms with E-state index in [1.54, 1.807) is 0 Å². The zero-order valence-electron chi connectivity index (χ0n) is 13.1. The van der Waals surface area contributed by atoms with E-state index in [1.807, 2.05) is 41.6 Å². The van der Waals surface area contributed by atoms with Crippen molar-refractivity contribution in [2.45, 2.75) is 20.4 Å². The highest BCUT2D eigenvalue weighted by Crippen LogP contribution is 2.18. The summed E-state index contributed by atoms with van der Waals surface area (Å²) in [6.45, 7) is 7.09. The normalized spacial score (nSPS) is 15.1. The van der Waals surface area contributed by atoms with E-state index in [0.717, 1.165) is 17.0 Å². The molecular weight excluding hydrogens is 278 g/mol. The van der Waals surface area contributed by atoms with Gasteiger partial charge in [-0.1, -0.05) is 30.3 Å². The Morgan fingerprint density at radius 1 is 1.18 bits per heavy atom. The molecule has 0 saturated carbocycles. The van der Waals surface area contributed by atoms with Crippen molar-refractivity contribution in [1.82, 2.24) is 14.7 Å². The van der Waals surface area contributed by atoms with Gasteiger partial charge in [0, 0.05) is 18.8 Å². The molecule has 1 fully saturated rings. The highest BCUT2D eigenvalue weighted by molar-refractivity contribution is 5.96. The van der Waals surface area contributed by atoms with E-state index in [4.69, 9.17) is 4.74 Å². The van der Waals surface area contributed by atoms with E-state index in [0.29, 0.717) is 32.8 Å². The van der Waals surface area contributed by atoms with Gasteiger partial charge in [0.1, 0.15) is 0 Å². The van der Waals surface area contributed by atoms with E-state index in [-0.39, 0.29) is 5.91 Å². The molecule has 0 atom stereocenters. The van der Waals surface area contributed by atoms with Crippen LogP contribution >= 0.6 is 0 Å². The lowest BCUT2D eigenvalue weighted by Gasteiger charge is -2.26. The first-order valence-electron chi connectivity index (χ1n) is 7.62. The van der Waals surface area contributed by atoms with Crippen LogP contribution in [-0.4, -0.2) is 46.9 Å². The molecule has 0 N–H and O–H groups in total. The number of hydrogen-bond donors (Lipinski definition) is 0. The number of benzene rings is 1. The molecule has 22 heavy (non-hydrogen) atoms. The van der Waals surface area contributed by atoms with Gasteiger partial charge in [-0.2, -0.15) is 5.10 Å². The Morgan fingerprint density at radius 2 is 1.86 bits per heavy atom. The van der Waals surface area contributed by atoms with Crippen molar-refractivity contribution in [1.29, 1.82) is 0 Å². The first-order valence-corrected chi connectivity index (χ1v) is 7.62. The van der Waals surface area contributed by atoms with Crippen LogP contribution in [0.2, 0.25) is 0 Å². The average molecular weight is 299 g/mol.